The van der Waals surface area contributed by atoms with Gasteiger partial charge in [0.25, 0.3) is 5.91 Å². The molecular weight excluding hydrogens is 546 g/mol. The van der Waals surface area contributed by atoms with Crippen LogP contribution in [0, 0.1) is 0 Å². The van der Waals surface area contributed by atoms with E-state index in [1.807, 2.05) is 60.7 Å². The van der Waals surface area contributed by atoms with Gasteiger partial charge in [0.2, 0.25) is 5.91 Å². The van der Waals surface area contributed by atoms with E-state index < -0.39 is 11.5 Å². The summed E-state index contributed by atoms with van der Waals surface area (Å²) in [6.07, 6.45) is 0.862. The molecule has 0 aromatic heterocycles. The maximum atomic E-state index is 14.0. The van der Waals surface area contributed by atoms with Crippen molar-refractivity contribution < 1.29 is 23.9 Å². The molecule has 224 valence electrons. The molecule has 0 atom stereocenters. The third kappa shape index (κ3) is 6.48. The monoisotopic (exact) mass is 583 g/mol. The van der Waals surface area contributed by atoms with E-state index in [9.17, 15) is 19.2 Å². The normalized spacial score (nSPS) is 15.9. The van der Waals surface area contributed by atoms with Crippen LogP contribution in [0.5, 0.6) is 0 Å². The lowest BCUT2D eigenvalue weighted by molar-refractivity contribution is -0.140. The number of para-hydroxylation sites is 1. The molecule has 5 rings (SSSR count). The molecule has 10 nitrogen and oxygen atoms in total. The maximum Gasteiger partial charge on any atom is 0.338 e. The second kappa shape index (κ2) is 13.0. The first kappa shape index (κ1) is 29.6. The smallest absolute Gasteiger partial charge is 0.338 e. The quantitative estimate of drug-likeness (QED) is 0.399. The molecule has 0 aliphatic carbocycles. The van der Waals surface area contributed by atoms with E-state index in [0.717, 1.165) is 11.3 Å². The summed E-state index contributed by atoms with van der Waals surface area (Å²) < 4.78 is 5.01. The van der Waals surface area contributed by atoms with Gasteiger partial charge < -0.3 is 29.7 Å². The molecule has 0 bridgehead atoms. The number of piperidine rings is 1. The lowest BCUT2D eigenvalue weighted by Crippen LogP contribution is -2.58. The van der Waals surface area contributed by atoms with Crippen molar-refractivity contribution in [2.45, 2.75) is 31.8 Å². The van der Waals surface area contributed by atoms with E-state index in [4.69, 9.17) is 4.74 Å². The molecule has 4 amide bonds. The van der Waals surface area contributed by atoms with Crippen LogP contribution < -0.4 is 10.2 Å². The second-order valence-electron chi connectivity index (χ2n) is 10.9. The first-order valence-electron chi connectivity index (χ1n) is 14.5. The topological polar surface area (TPSA) is 102 Å². The molecule has 2 aliphatic rings. The van der Waals surface area contributed by atoms with Crippen molar-refractivity contribution in [1.82, 2.24) is 14.7 Å². The van der Waals surface area contributed by atoms with Crippen LogP contribution in [-0.2, 0) is 20.9 Å². The molecular formula is C33H37N5O5. The number of benzene rings is 3. The Balaban J connectivity index is 1.25. The van der Waals surface area contributed by atoms with Crippen LogP contribution in [0.4, 0.5) is 16.2 Å². The van der Waals surface area contributed by atoms with Crippen LogP contribution in [-0.4, -0.2) is 84.0 Å². The third-order valence-corrected chi connectivity index (χ3v) is 8.12. The third-order valence-electron chi connectivity index (χ3n) is 8.12. The average molecular weight is 584 g/mol. The van der Waals surface area contributed by atoms with Gasteiger partial charge in [-0.05, 0) is 61.7 Å². The Morgan fingerprint density at radius 3 is 2.16 bits per heavy atom. The molecule has 3 aromatic carbocycles. The second-order valence-corrected chi connectivity index (χ2v) is 10.9. The fourth-order valence-electron chi connectivity index (χ4n) is 5.74. The molecule has 0 radical (unpaired) electrons. The van der Waals surface area contributed by atoms with Gasteiger partial charge in [0.1, 0.15) is 12.1 Å². The highest BCUT2D eigenvalue weighted by atomic mass is 16.5. The standard InChI is InChI=1S/C33H37N5O5/c1-3-43-30(40)26-14-16-27(17-15-26)34-32(42)36-20-18-33(19-21-36)31(41)37(24-38(33)28-12-8-5-9-13-28)23-29(39)35(2)22-25-10-6-4-7-11-25/h4-17H,3,18-24H2,1-2H3,(H,34,42). The zero-order valence-electron chi connectivity index (χ0n) is 24.6. The summed E-state index contributed by atoms with van der Waals surface area (Å²) in [6.45, 7) is 3.53. The van der Waals surface area contributed by atoms with E-state index in [0.29, 0.717) is 50.4 Å². The number of carbonyl (C=O) groups excluding carboxylic acids is 4. The van der Waals surface area contributed by atoms with Gasteiger partial charge in [-0.15, -0.1) is 0 Å². The molecule has 1 N–H and O–H groups in total. The zero-order valence-corrected chi connectivity index (χ0v) is 24.6. The number of nitrogens with zero attached hydrogens (tertiary/aromatic N) is 4. The number of anilines is 2. The number of rotatable bonds is 8. The summed E-state index contributed by atoms with van der Waals surface area (Å²) >= 11 is 0. The van der Waals surface area contributed by atoms with Gasteiger partial charge in [0, 0.05) is 38.1 Å². The molecule has 0 unspecified atom stereocenters. The Kier molecular flexibility index (Phi) is 8.94. The highest BCUT2D eigenvalue weighted by Gasteiger charge is 2.54. The minimum atomic E-state index is -0.850. The fourth-order valence-corrected chi connectivity index (χ4v) is 5.74. The number of ether oxygens (including phenoxy) is 1. The summed E-state index contributed by atoms with van der Waals surface area (Å²) in [6, 6.07) is 25.8. The molecule has 3 aromatic rings. The minimum Gasteiger partial charge on any atom is -0.462 e. The van der Waals surface area contributed by atoms with E-state index in [1.54, 1.807) is 52.9 Å². The van der Waals surface area contributed by atoms with Gasteiger partial charge in [0.05, 0.1) is 18.8 Å². The van der Waals surface area contributed by atoms with Crippen molar-refractivity contribution in [3.63, 3.8) is 0 Å². The van der Waals surface area contributed by atoms with Gasteiger partial charge in [0.15, 0.2) is 0 Å². The van der Waals surface area contributed by atoms with E-state index in [1.165, 1.54) is 0 Å². The number of nitrogens with one attached hydrogen (secondary N) is 1. The van der Waals surface area contributed by atoms with Gasteiger partial charge in [-0.1, -0.05) is 48.5 Å². The first-order valence-corrected chi connectivity index (χ1v) is 14.5. The van der Waals surface area contributed by atoms with Crippen molar-refractivity contribution in [2.24, 2.45) is 0 Å². The molecule has 2 saturated heterocycles. The summed E-state index contributed by atoms with van der Waals surface area (Å²) in [5.74, 6) is -0.634. The average Bonchev–Trinajstić information content (AvgIpc) is 3.28. The maximum absolute atomic E-state index is 14.0. The lowest BCUT2D eigenvalue weighted by Gasteiger charge is -2.43. The number of esters is 1. The summed E-state index contributed by atoms with van der Waals surface area (Å²) in [5, 5.41) is 2.89. The molecule has 0 saturated carbocycles. The summed E-state index contributed by atoms with van der Waals surface area (Å²) in [5.41, 5.74) is 2.05. The van der Waals surface area contributed by atoms with Crippen LogP contribution in [0.2, 0.25) is 0 Å². The van der Waals surface area contributed by atoms with Crippen LogP contribution in [0.15, 0.2) is 84.9 Å². The van der Waals surface area contributed by atoms with Crippen LogP contribution in [0.25, 0.3) is 0 Å². The Morgan fingerprint density at radius 1 is 0.907 bits per heavy atom. The number of likely N-dealkylation sites (tertiary alicyclic amines) is 1. The van der Waals surface area contributed by atoms with Crippen molar-refractivity contribution in [2.75, 3.05) is 50.2 Å². The zero-order chi connectivity index (χ0) is 30.4. The molecule has 2 heterocycles. The van der Waals surface area contributed by atoms with Crippen LogP contribution in [0.1, 0.15) is 35.7 Å². The van der Waals surface area contributed by atoms with Gasteiger partial charge in [-0.25, -0.2) is 9.59 Å². The van der Waals surface area contributed by atoms with E-state index in [-0.39, 0.29) is 31.0 Å². The Morgan fingerprint density at radius 2 is 1.53 bits per heavy atom. The van der Waals surface area contributed by atoms with Crippen molar-refractivity contribution >= 4 is 35.2 Å². The number of likely N-dealkylation sites (N-methyl/N-ethyl adjacent to an activating group) is 1. The lowest BCUT2D eigenvalue weighted by atomic mass is 9.85. The minimum absolute atomic E-state index is 0.0146. The van der Waals surface area contributed by atoms with Crippen LogP contribution >= 0.6 is 0 Å². The highest BCUT2D eigenvalue weighted by molar-refractivity contribution is 5.97. The first-order chi connectivity index (χ1) is 20.8. The number of hydrogen-bond acceptors (Lipinski definition) is 6. The van der Waals surface area contributed by atoms with Gasteiger partial charge >= 0.3 is 12.0 Å². The SMILES string of the molecule is CCOC(=O)c1ccc(NC(=O)N2CCC3(CC2)C(=O)N(CC(=O)N(C)Cc2ccccc2)CN3c2ccccc2)cc1. The molecule has 1 spiro atoms. The van der Waals surface area contributed by atoms with Gasteiger partial charge in [-0.3, -0.25) is 9.59 Å². The molecule has 2 fully saturated rings. The largest absolute Gasteiger partial charge is 0.462 e. The fraction of sp³-hybridized carbons (Fsp3) is 0.333. The molecule has 43 heavy (non-hydrogen) atoms. The summed E-state index contributed by atoms with van der Waals surface area (Å²) in [7, 11) is 1.75. The van der Waals surface area contributed by atoms with Crippen molar-refractivity contribution in [3.8, 4) is 0 Å². The number of carbonyl (C=O) groups is 4. The Bertz CT molecular complexity index is 1440. The predicted molar refractivity (Wildman–Crippen MR) is 163 cm³/mol. The number of urea groups is 1. The highest BCUT2D eigenvalue weighted by Crippen LogP contribution is 2.39. The predicted octanol–water partition coefficient (Wildman–Crippen LogP) is 4.19. The van der Waals surface area contributed by atoms with Crippen LogP contribution in [0.3, 0.4) is 0 Å². The number of amides is 4. The van der Waals surface area contributed by atoms with E-state index in [2.05, 4.69) is 10.2 Å². The van der Waals surface area contributed by atoms with Crippen molar-refractivity contribution in [3.05, 3.63) is 96.1 Å². The van der Waals surface area contributed by atoms with Gasteiger partial charge in [-0.2, -0.15) is 0 Å². The Labute approximate surface area is 251 Å². The molecule has 2 aliphatic heterocycles. The van der Waals surface area contributed by atoms with E-state index >= 15 is 0 Å². The van der Waals surface area contributed by atoms with Crippen molar-refractivity contribution in [1.29, 1.82) is 0 Å². The Hall–Kier alpha value is -4.86. The summed E-state index contributed by atoms with van der Waals surface area (Å²) in [4.78, 5) is 59.3. The molecule has 10 heteroatoms. The number of hydrogen-bond donors (Lipinski definition) is 1.